The summed E-state index contributed by atoms with van der Waals surface area (Å²) in [5.74, 6) is 1.01. The summed E-state index contributed by atoms with van der Waals surface area (Å²) in [6, 6.07) is 90.7. The Morgan fingerprint density at radius 2 is 0.486 bits per heavy atom. The summed E-state index contributed by atoms with van der Waals surface area (Å²) >= 11 is 5.56. The van der Waals surface area contributed by atoms with Gasteiger partial charge in [-0.05, 0) is 153 Å². The Bertz CT molecular complexity index is 3270. The van der Waals surface area contributed by atoms with Gasteiger partial charge in [0.2, 0.25) is 0 Å². The fourth-order valence-electron chi connectivity index (χ4n) is 9.78. The highest BCUT2D eigenvalue weighted by Gasteiger charge is 2.30. The summed E-state index contributed by atoms with van der Waals surface area (Å²) in [6.45, 7) is 2.19. The van der Waals surface area contributed by atoms with Crippen LogP contribution in [0.1, 0.15) is 5.56 Å². The quantitative estimate of drug-likeness (QED) is 0.132. The van der Waals surface area contributed by atoms with Crippen LogP contribution in [0.4, 0.5) is 51.2 Å². The second-order valence-electron chi connectivity index (χ2n) is 17.5. The Morgan fingerprint density at radius 3 is 0.729 bits per heavy atom. The van der Waals surface area contributed by atoms with Gasteiger partial charge in [-0.25, -0.2) is 0 Å². The van der Waals surface area contributed by atoms with Crippen LogP contribution in [-0.4, -0.2) is 5.90 Å². The molecule has 8 heteroatoms. The van der Waals surface area contributed by atoms with Crippen LogP contribution in [0.5, 0.6) is 0 Å². The van der Waals surface area contributed by atoms with Gasteiger partial charge in [0.05, 0.1) is 34.1 Å². The van der Waals surface area contributed by atoms with E-state index in [4.69, 9.17) is 0 Å². The molecule has 0 amide bonds. The minimum absolute atomic E-state index is 0.784. The number of nitrogens with zero attached hydrogens (tertiary/aromatic N) is 3. The fourth-order valence-corrected chi connectivity index (χ4v) is 19.3. The molecule has 1 unspecified atom stereocenters. The molecule has 336 valence electrons. The zero-order chi connectivity index (χ0) is 46.5. The minimum Gasteiger partial charge on any atom is -0.308 e. The van der Waals surface area contributed by atoms with Crippen molar-refractivity contribution < 1.29 is 0 Å². The largest absolute Gasteiger partial charge is 0.308 e. The third kappa shape index (κ3) is 8.03. The molecule has 0 aliphatic carbocycles. The Hall–Kier alpha value is -6.49. The number of para-hydroxylation sites is 6. The van der Waals surface area contributed by atoms with Gasteiger partial charge in [-0.3, -0.25) is 0 Å². The fraction of sp³-hybridized carbons (Fsp3) is 0.0323. The van der Waals surface area contributed by atoms with Crippen molar-refractivity contribution in [2.75, 3.05) is 20.6 Å². The van der Waals surface area contributed by atoms with Gasteiger partial charge in [-0.1, -0.05) is 174 Å². The third-order valence-electron chi connectivity index (χ3n) is 13.2. The summed E-state index contributed by atoms with van der Waals surface area (Å²) in [5.41, 5.74) is 12.1. The molecule has 10 aromatic carbocycles. The van der Waals surface area contributed by atoms with E-state index in [2.05, 4.69) is 264 Å². The number of fused-ring (bicyclic) bond motifs is 6. The molecule has 3 aliphatic rings. The maximum atomic E-state index is 2.44. The van der Waals surface area contributed by atoms with Crippen LogP contribution < -0.4 is 35.9 Å². The molecular weight excluding hydrogens is 945 g/mol. The Kier molecular flexibility index (Phi) is 11.6. The van der Waals surface area contributed by atoms with Gasteiger partial charge in [0.1, 0.15) is 0 Å². The molecule has 13 rings (SSSR count). The molecule has 0 saturated carbocycles. The molecule has 10 aromatic rings. The summed E-state index contributed by atoms with van der Waals surface area (Å²) in [7, 11) is -1.62. The average molecular weight is 990 g/mol. The summed E-state index contributed by atoms with van der Waals surface area (Å²) in [5, 5.41) is 5.53. The molecular formula is C62H45N3P2S3. The van der Waals surface area contributed by atoms with Gasteiger partial charge < -0.3 is 14.7 Å². The highest BCUT2D eigenvalue weighted by atomic mass is 32.2. The van der Waals surface area contributed by atoms with Crippen molar-refractivity contribution in [3.05, 3.63) is 248 Å². The van der Waals surface area contributed by atoms with Crippen LogP contribution in [0.15, 0.2) is 272 Å². The van der Waals surface area contributed by atoms with Crippen molar-refractivity contribution in [2.24, 2.45) is 0 Å². The van der Waals surface area contributed by atoms with E-state index in [1.165, 1.54) is 107 Å². The van der Waals surface area contributed by atoms with E-state index in [-0.39, 0.29) is 0 Å². The zero-order valence-electron chi connectivity index (χ0n) is 38.3. The number of rotatable bonds is 9. The number of hydrogen-bond donors (Lipinski definition) is 0. The van der Waals surface area contributed by atoms with E-state index in [0.29, 0.717) is 0 Å². The van der Waals surface area contributed by atoms with Gasteiger partial charge in [0.25, 0.3) is 0 Å². The van der Waals surface area contributed by atoms with Crippen molar-refractivity contribution in [1.29, 1.82) is 0 Å². The topological polar surface area (TPSA) is 9.72 Å². The molecule has 3 aliphatic heterocycles. The van der Waals surface area contributed by atoms with Crippen LogP contribution in [0, 0.1) is 6.92 Å². The third-order valence-corrected chi connectivity index (χ3v) is 22.5. The molecule has 0 fully saturated rings. The lowest BCUT2D eigenvalue weighted by Gasteiger charge is -2.34. The predicted molar refractivity (Wildman–Crippen MR) is 304 cm³/mol. The van der Waals surface area contributed by atoms with E-state index in [1.54, 1.807) is 0 Å². The van der Waals surface area contributed by atoms with Gasteiger partial charge in [-0.15, -0.1) is 0 Å². The van der Waals surface area contributed by atoms with Crippen molar-refractivity contribution in [3.8, 4) is 0 Å². The molecule has 0 N–H and O–H groups in total. The van der Waals surface area contributed by atoms with Gasteiger partial charge >= 0.3 is 0 Å². The number of aryl methyl sites for hydroxylation is 1. The van der Waals surface area contributed by atoms with Crippen LogP contribution >= 0.6 is 51.1 Å². The Balaban J connectivity index is 0.912. The molecule has 0 aromatic heterocycles. The van der Waals surface area contributed by atoms with E-state index in [9.17, 15) is 0 Å². The Morgan fingerprint density at radius 1 is 0.271 bits per heavy atom. The van der Waals surface area contributed by atoms with Crippen molar-refractivity contribution >= 4 is 124 Å². The number of anilines is 9. The molecule has 1 atom stereocenters. The monoisotopic (exact) mass is 989 g/mol. The van der Waals surface area contributed by atoms with E-state index in [1.807, 2.05) is 35.3 Å². The standard InChI is InChI=1S/C62H45N3P2S3/c1-43-26-34-47(35-27-43)66(48-36-28-44(29-37-48)63-51-14-2-8-20-57(51)68-58-21-9-3-15-52(58)63)42-67(49-38-30-45(31-39-49)64-53-16-4-10-22-59(53)69-60-23-11-5-17-54(60)64)50-40-32-46(33-41-50)65-55-18-6-12-24-61(55)70-62-25-13-7-19-56(62)65/h2-41H,42H2,1H3. The SMILES string of the molecule is Cc1ccc(P(CP(c2ccc(N3c4ccccc4Sc4ccccc43)cc2)c2ccc(N3c4ccccc4Sc4ccccc43)cc2)c2ccc(N3c4ccccc4Sc4ccccc43)cc2)cc1. The van der Waals surface area contributed by atoms with Crippen molar-refractivity contribution in [2.45, 2.75) is 36.3 Å². The normalized spacial score (nSPS) is 13.7. The van der Waals surface area contributed by atoms with Gasteiger partial charge in [0, 0.05) is 52.3 Å². The maximum Gasteiger partial charge on any atom is 0.0601 e. The lowest BCUT2D eigenvalue weighted by molar-refractivity contribution is 1.17. The van der Waals surface area contributed by atoms with Crippen molar-refractivity contribution in [1.82, 2.24) is 0 Å². The van der Waals surface area contributed by atoms with E-state index in [0.717, 1.165) is 5.90 Å². The second-order valence-corrected chi connectivity index (χ2v) is 25.7. The van der Waals surface area contributed by atoms with E-state index >= 15 is 0 Å². The van der Waals surface area contributed by atoms with E-state index < -0.39 is 15.8 Å². The highest BCUT2D eigenvalue weighted by Crippen LogP contribution is 2.55. The maximum absolute atomic E-state index is 2.44. The first-order valence-corrected chi connectivity index (χ1v) is 29.0. The molecule has 3 heterocycles. The van der Waals surface area contributed by atoms with Crippen LogP contribution in [0.25, 0.3) is 0 Å². The number of hydrogen-bond acceptors (Lipinski definition) is 6. The zero-order valence-corrected chi connectivity index (χ0v) is 42.5. The molecule has 0 spiro atoms. The molecule has 0 saturated heterocycles. The lowest BCUT2D eigenvalue weighted by Crippen LogP contribution is -2.21. The summed E-state index contributed by atoms with van der Waals surface area (Å²) in [4.78, 5) is 14.9. The van der Waals surface area contributed by atoms with Crippen LogP contribution in [-0.2, 0) is 0 Å². The summed E-state index contributed by atoms with van der Waals surface area (Å²) < 4.78 is 0. The molecule has 3 nitrogen and oxygen atoms in total. The second kappa shape index (κ2) is 18.7. The molecule has 0 radical (unpaired) electrons. The van der Waals surface area contributed by atoms with Gasteiger partial charge in [0.15, 0.2) is 0 Å². The lowest BCUT2D eigenvalue weighted by atomic mass is 10.2. The van der Waals surface area contributed by atoms with Gasteiger partial charge in [-0.2, -0.15) is 0 Å². The first kappa shape index (κ1) is 43.5. The predicted octanol–water partition coefficient (Wildman–Crippen LogP) is 17.3. The summed E-state index contributed by atoms with van der Waals surface area (Å²) in [6.07, 6.45) is 0. The number of benzene rings is 10. The first-order chi connectivity index (χ1) is 34.6. The minimum atomic E-state index is -0.834. The first-order valence-electron chi connectivity index (χ1n) is 23.5. The van der Waals surface area contributed by atoms with Crippen molar-refractivity contribution in [3.63, 3.8) is 0 Å². The molecule has 0 bridgehead atoms. The average Bonchev–Trinajstić information content (AvgIpc) is 3.42. The van der Waals surface area contributed by atoms with Crippen LogP contribution in [0.3, 0.4) is 0 Å². The highest BCUT2D eigenvalue weighted by molar-refractivity contribution is 8.00. The van der Waals surface area contributed by atoms with Crippen LogP contribution in [0.2, 0.25) is 0 Å². The smallest absolute Gasteiger partial charge is 0.0601 e. The Labute approximate surface area is 425 Å². The molecule has 70 heavy (non-hydrogen) atoms.